The van der Waals surface area contributed by atoms with Crippen LogP contribution in [-0.2, 0) is 0 Å². The first-order valence-corrected chi connectivity index (χ1v) is 17.5. The Morgan fingerprint density at radius 2 is 0.980 bits per heavy atom. The number of rotatable bonds is 4. The number of benzene rings is 6. The minimum atomic E-state index is 0.668. The standard InChI is InChI=1S/C39H29B5N4S/c40-31-30(32(41)34(43)35(44)33(31)42)39-46-37(45-38(47-39)26-12-7-11-25-24-10-3-6-15-29(24)49-36(25)26)20-16-18-21(19-17-20)48-27-13-4-1-8-22(27)23-9-2-5-14-28(23)48/h1-19H,40-44H2. The molecule has 6 aromatic carbocycles. The van der Waals surface area contributed by atoms with Crippen molar-refractivity contribution in [1.82, 2.24) is 19.5 Å². The van der Waals surface area contributed by atoms with Crippen molar-refractivity contribution >= 4 is 120 Å². The molecule has 0 amide bonds. The van der Waals surface area contributed by atoms with Gasteiger partial charge in [0.1, 0.15) is 39.2 Å². The van der Waals surface area contributed by atoms with Crippen LogP contribution < -0.4 is 27.3 Å². The third kappa shape index (κ3) is 4.62. The average Bonchev–Trinajstić information content (AvgIpc) is 3.69. The Morgan fingerprint density at radius 3 is 1.65 bits per heavy atom. The van der Waals surface area contributed by atoms with Crippen LogP contribution in [0.3, 0.4) is 0 Å². The number of nitrogens with zero attached hydrogens (tertiary/aromatic N) is 4. The van der Waals surface area contributed by atoms with Crippen molar-refractivity contribution in [3.63, 3.8) is 0 Å². The van der Waals surface area contributed by atoms with Gasteiger partial charge in [-0.05, 0) is 48.5 Å². The van der Waals surface area contributed by atoms with Crippen LogP contribution in [0, 0.1) is 0 Å². The molecule has 226 valence electrons. The highest BCUT2D eigenvalue weighted by atomic mass is 32.1. The fourth-order valence-electron chi connectivity index (χ4n) is 7.46. The van der Waals surface area contributed by atoms with Gasteiger partial charge in [-0.2, -0.15) is 0 Å². The van der Waals surface area contributed by atoms with E-state index in [4.69, 9.17) is 15.0 Å². The normalized spacial score (nSPS) is 11.7. The van der Waals surface area contributed by atoms with E-state index in [1.807, 2.05) is 0 Å². The highest BCUT2D eigenvalue weighted by molar-refractivity contribution is 7.26. The van der Waals surface area contributed by atoms with E-state index < -0.39 is 0 Å². The van der Waals surface area contributed by atoms with Gasteiger partial charge in [0.15, 0.2) is 17.5 Å². The Kier molecular flexibility index (Phi) is 6.92. The third-order valence-corrected chi connectivity index (χ3v) is 11.7. The van der Waals surface area contributed by atoms with Crippen molar-refractivity contribution in [2.24, 2.45) is 0 Å². The van der Waals surface area contributed by atoms with E-state index in [-0.39, 0.29) is 0 Å². The SMILES string of the molecule is Bc1c(B)c(B)c(-c2nc(-c3ccc(-n4c5ccccc5c5ccccc54)cc3)nc(-c3cccc4c3sc3ccccc34)n2)c(B)c1B. The maximum Gasteiger partial charge on any atom is 0.165 e. The fourth-order valence-corrected chi connectivity index (χ4v) is 8.67. The van der Waals surface area contributed by atoms with Gasteiger partial charge in [0.2, 0.25) is 0 Å². The second kappa shape index (κ2) is 11.4. The minimum Gasteiger partial charge on any atom is -0.309 e. The number of hydrogen-bond donors (Lipinski definition) is 0. The first-order chi connectivity index (χ1) is 23.9. The monoisotopic (exact) mass is 640 g/mol. The van der Waals surface area contributed by atoms with Crippen LogP contribution in [0.25, 0.3) is 81.8 Å². The molecule has 0 unspecified atom stereocenters. The zero-order valence-electron chi connectivity index (χ0n) is 28.2. The molecule has 0 N–H and O–H groups in total. The number of thiophene rings is 1. The zero-order valence-corrected chi connectivity index (χ0v) is 29.0. The van der Waals surface area contributed by atoms with Crippen molar-refractivity contribution in [1.29, 1.82) is 0 Å². The summed E-state index contributed by atoms with van der Waals surface area (Å²) in [6.45, 7) is 0. The Balaban J connectivity index is 1.26. The lowest BCUT2D eigenvalue weighted by molar-refractivity contribution is 1.08. The van der Waals surface area contributed by atoms with Crippen LogP contribution in [0.15, 0.2) is 115 Å². The summed E-state index contributed by atoms with van der Waals surface area (Å²) in [6, 6.07) is 41.0. The summed E-state index contributed by atoms with van der Waals surface area (Å²) >= 11 is 1.80. The molecule has 0 aliphatic rings. The molecule has 3 aromatic heterocycles. The van der Waals surface area contributed by atoms with Crippen LogP contribution in [0.2, 0.25) is 0 Å². The summed E-state index contributed by atoms with van der Waals surface area (Å²) in [4.78, 5) is 15.7. The number of aromatic nitrogens is 4. The van der Waals surface area contributed by atoms with E-state index >= 15 is 0 Å². The lowest BCUT2D eigenvalue weighted by Gasteiger charge is -2.20. The second-order valence-electron chi connectivity index (χ2n) is 13.0. The molecule has 0 spiro atoms. The van der Waals surface area contributed by atoms with E-state index in [1.54, 1.807) is 11.3 Å². The van der Waals surface area contributed by atoms with Crippen LogP contribution >= 0.6 is 11.3 Å². The van der Waals surface area contributed by atoms with E-state index in [2.05, 4.69) is 159 Å². The molecular weight excluding hydrogens is 611 g/mol. The maximum absolute atomic E-state index is 5.26. The molecule has 4 nitrogen and oxygen atoms in total. The van der Waals surface area contributed by atoms with Crippen molar-refractivity contribution in [2.75, 3.05) is 0 Å². The molecule has 10 heteroatoms. The predicted molar refractivity (Wildman–Crippen MR) is 224 cm³/mol. The molecule has 0 radical (unpaired) electrons. The van der Waals surface area contributed by atoms with Crippen LogP contribution in [0.5, 0.6) is 0 Å². The smallest absolute Gasteiger partial charge is 0.165 e. The van der Waals surface area contributed by atoms with Gasteiger partial charge in [0.05, 0.1) is 11.0 Å². The lowest BCUT2D eigenvalue weighted by atomic mass is 9.60. The topological polar surface area (TPSA) is 43.6 Å². The molecule has 0 atom stereocenters. The molecule has 0 bridgehead atoms. The summed E-state index contributed by atoms with van der Waals surface area (Å²) in [5.74, 6) is 2.07. The predicted octanol–water partition coefficient (Wildman–Crippen LogP) is 1.63. The first-order valence-electron chi connectivity index (χ1n) is 16.7. The largest absolute Gasteiger partial charge is 0.309 e. The van der Waals surface area contributed by atoms with Crippen LogP contribution in [0.4, 0.5) is 0 Å². The number of fused-ring (bicyclic) bond motifs is 6. The van der Waals surface area contributed by atoms with Crippen LogP contribution in [0.1, 0.15) is 0 Å². The molecule has 0 aliphatic heterocycles. The summed E-state index contributed by atoms with van der Waals surface area (Å²) in [5, 5.41) is 4.99. The molecule has 9 aromatic rings. The Hall–Kier alpha value is -5.33. The Labute approximate surface area is 293 Å². The van der Waals surface area contributed by atoms with Gasteiger partial charge >= 0.3 is 0 Å². The maximum atomic E-state index is 5.26. The molecule has 49 heavy (non-hydrogen) atoms. The fraction of sp³-hybridized carbons (Fsp3) is 0. The van der Waals surface area contributed by atoms with Gasteiger partial charge in [-0.15, -0.1) is 27.7 Å². The molecule has 0 saturated carbocycles. The zero-order chi connectivity index (χ0) is 33.4. The lowest BCUT2D eigenvalue weighted by Crippen LogP contribution is -2.55. The van der Waals surface area contributed by atoms with Gasteiger partial charge in [0, 0.05) is 53.3 Å². The second-order valence-corrected chi connectivity index (χ2v) is 14.1. The third-order valence-electron chi connectivity index (χ3n) is 10.5. The quantitative estimate of drug-likeness (QED) is 0.275. The minimum absolute atomic E-state index is 0.668. The van der Waals surface area contributed by atoms with Crippen LogP contribution in [-0.4, -0.2) is 58.8 Å². The molecule has 0 aliphatic carbocycles. The van der Waals surface area contributed by atoms with Crippen molar-refractivity contribution < 1.29 is 0 Å². The van der Waals surface area contributed by atoms with Gasteiger partial charge in [-0.3, -0.25) is 0 Å². The Bertz CT molecular complexity index is 2710. The first kappa shape index (κ1) is 29.8. The summed E-state index contributed by atoms with van der Waals surface area (Å²) in [5.41, 5.74) is 12.9. The van der Waals surface area contributed by atoms with Gasteiger partial charge in [-0.25, -0.2) is 15.0 Å². The van der Waals surface area contributed by atoms with Gasteiger partial charge in [0.25, 0.3) is 0 Å². The van der Waals surface area contributed by atoms with Crippen molar-refractivity contribution in [3.8, 4) is 39.9 Å². The summed E-state index contributed by atoms with van der Waals surface area (Å²) in [6.07, 6.45) is 0. The van der Waals surface area contributed by atoms with Gasteiger partial charge in [-0.1, -0.05) is 77.7 Å². The van der Waals surface area contributed by atoms with E-state index in [0.29, 0.717) is 17.5 Å². The Morgan fingerprint density at radius 1 is 0.449 bits per heavy atom. The molecule has 3 heterocycles. The highest BCUT2D eigenvalue weighted by Gasteiger charge is 2.20. The number of hydrogen-bond acceptors (Lipinski definition) is 4. The highest BCUT2D eigenvalue weighted by Crippen LogP contribution is 2.39. The summed E-state index contributed by atoms with van der Waals surface area (Å²) in [7, 11) is 11.0. The average molecular weight is 640 g/mol. The van der Waals surface area contributed by atoms with Crippen molar-refractivity contribution in [3.05, 3.63) is 115 Å². The van der Waals surface area contributed by atoms with Crippen molar-refractivity contribution in [2.45, 2.75) is 0 Å². The van der Waals surface area contributed by atoms with E-state index in [1.165, 1.54) is 69.3 Å². The van der Waals surface area contributed by atoms with E-state index in [9.17, 15) is 0 Å². The molecular formula is C39H29B5N4S. The molecule has 9 rings (SSSR count). The van der Waals surface area contributed by atoms with E-state index in [0.717, 1.165) is 22.4 Å². The van der Waals surface area contributed by atoms with Gasteiger partial charge < -0.3 is 4.57 Å². The molecule has 0 saturated heterocycles. The molecule has 0 fully saturated rings. The number of para-hydroxylation sites is 2. The summed E-state index contributed by atoms with van der Waals surface area (Å²) < 4.78 is 4.79.